The van der Waals surface area contributed by atoms with E-state index in [0.29, 0.717) is 31.3 Å². The second-order valence-corrected chi connectivity index (χ2v) is 5.81. The molecule has 1 aromatic rings. The van der Waals surface area contributed by atoms with Crippen LogP contribution in [0.2, 0.25) is 0 Å². The van der Waals surface area contributed by atoms with E-state index in [0.717, 1.165) is 0 Å². The van der Waals surface area contributed by atoms with Gasteiger partial charge in [0.2, 0.25) is 5.91 Å². The number of carbonyl (C=O) groups is 2. The lowest BCUT2D eigenvalue weighted by atomic mass is 10.3. The molecule has 118 valence electrons. The Morgan fingerprint density at radius 1 is 1.52 bits per heavy atom. The summed E-state index contributed by atoms with van der Waals surface area (Å²) in [5, 5.41) is 1.65. The number of hydrogen-bond acceptors (Lipinski definition) is 6. The van der Waals surface area contributed by atoms with Gasteiger partial charge in [-0.3, -0.25) is 4.79 Å². The van der Waals surface area contributed by atoms with Gasteiger partial charge in [0.25, 0.3) is 0 Å². The SMILES string of the molecule is CCOC(=O)c1csc(CN(CCOC)C(=O)C(C)Cl)n1. The second-order valence-electron chi connectivity index (χ2n) is 4.22. The fraction of sp³-hybridized carbons (Fsp3) is 0.615. The molecule has 0 aliphatic carbocycles. The molecule has 8 heteroatoms. The van der Waals surface area contributed by atoms with E-state index in [1.165, 1.54) is 11.3 Å². The molecule has 0 aromatic carbocycles. The Kier molecular flexibility index (Phi) is 7.63. The van der Waals surface area contributed by atoms with Crippen molar-refractivity contribution in [1.29, 1.82) is 0 Å². The number of alkyl halides is 1. The molecular formula is C13H19ClN2O4S. The quantitative estimate of drug-likeness (QED) is 0.536. The number of halogens is 1. The number of carbonyl (C=O) groups excluding carboxylic acids is 2. The normalized spacial score (nSPS) is 12.0. The van der Waals surface area contributed by atoms with Gasteiger partial charge in [-0.15, -0.1) is 22.9 Å². The molecule has 0 bridgehead atoms. The molecule has 0 aliphatic heterocycles. The van der Waals surface area contributed by atoms with Crippen molar-refractivity contribution in [2.24, 2.45) is 0 Å². The first-order chi connectivity index (χ1) is 9.99. The van der Waals surface area contributed by atoms with E-state index in [1.54, 1.807) is 31.2 Å². The lowest BCUT2D eigenvalue weighted by molar-refractivity contribution is -0.131. The summed E-state index contributed by atoms with van der Waals surface area (Å²) in [6, 6.07) is 0. The Morgan fingerprint density at radius 3 is 2.81 bits per heavy atom. The summed E-state index contributed by atoms with van der Waals surface area (Å²) in [5.74, 6) is -0.651. The molecule has 0 radical (unpaired) electrons. The Morgan fingerprint density at radius 2 is 2.24 bits per heavy atom. The van der Waals surface area contributed by atoms with E-state index < -0.39 is 11.3 Å². The van der Waals surface area contributed by atoms with Crippen LogP contribution in [0.1, 0.15) is 29.3 Å². The van der Waals surface area contributed by atoms with Crippen molar-refractivity contribution >= 4 is 34.8 Å². The lowest BCUT2D eigenvalue weighted by Gasteiger charge is -2.22. The number of thiazole rings is 1. The average molecular weight is 335 g/mol. The van der Waals surface area contributed by atoms with Crippen LogP contribution >= 0.6 is 22.9 Å². The van der Waals surface area contributed by atoms with Crippen molar-refractivity contribution in [2.45, 2.75) is 25.8 Å². The Labute approximate surface area is 133 Å². The zero-order valence-corrected chi connectivity index (χ0v) is 13.9. The maximum Gasteiger partial charge on any atom is 0.357 e. The molecule has 0 spiro atoms. The maximum absolute atomic E-state index is 12.0. The lowest BCUT2D eigenvalue weighted by Crippen LogP contribution is -2.37. The summed E-state index contributed by atoms with van der Waals surface area (Å²) >= 11 is 7.15. The van der Waals surface area contributed by atoms with E-state index >= 15 is 0 Å². The molecule has 1 rings (SSSR count). The molecular weight excluding hydrogens is 316 g/mol. The molecule has 1 atom stereocenters. The van der Waals surface area contributed by atoms with Crippen LogP contribution < -0.4 is 0 Å². The molecule has 21 heavy (non-hydrogen) atoms. The van der Waals surface area contributed by atoms with Crippen LogP contribution in [0.5, 0.6) is 0 Å². The maximum atomic E-state index is 12.0. The summed E-state index contributed by atoms with van der Waals surface area (Å²) in [6.45, 7) is 4.77. The van der Waals surface area contributed by atoms with E-state index in [1.807, 2.05) is 0 Å². The van der Waals surface area contributed by atoms with Gasteiger partial charge < -0.3 is 14.4 Å². The van der Waals surface area contributed by atoms with Gasteiger partial charge in [0.15, 0.2) is 5.69 Å². The molecule has 0 N–H and O–H groups in total. The van der Waals surface area contributed by atoms with Gasteiger partial charge in [0.1, 0.15) is 10.4 Å². The van der Waals surface area contributed by atoms with E-state index in [-0.39, 0.29) is 11.6 Å². The van der Waals surface area contributed by atoms with Gasteiger partial charge in [-0.1, -0.05) is 0 Å². The van der Waals surface area contributed by atoms with Crippen molar-refractivity contribution in [3.63, 3.8) is 0 Å². The summed E-state index contributed by atoms with van der Waals surface area (Å²) in [6.07, 6.45) is 0. The molecule has 0 saturated heterocycles. The van der Waals surface area contributed by atoms with Gasteiger partial charge in [-0.2, -0.15) is 0 Å². The number of nitrogens with zero attached hydrogens (tertiary/aromatic N) is 2. The zero-order valence-electron chi connectivity index (χ0n) is 12.3. The summed E-state index contributed by atoms with van der Waals surface area (Å²) in [4.78, 5) is 29.3. The highest BCUT2D eigenvalue weighted by atomic mass is 35.5. The second kappa shape index (κ2) is 8.96. The molecule has 1 amide bonds. The molecule has 0 aliphatic rings. The van der Waals surface area contributed by atoms with Crippen molar-refractivity contribution < 1.29 is 19.1 Å². The fourth-order valence-electron chi connectivity index (χ4n) is 1.57. The standard InChI is InChI=1S/C13H19ClN2O4S/c1-4-20-13(18)10-8-21-11(15-10)7-16(5-6-19-3)12(17)9(2)14/h8-9H,4-7H2,1-3H3. The largest absolute Gasteiger partial charge is 0.461 e. The summed E-state index contributed by atoms with van der Waals surface area (Å²) < 4.78 is 9.87. The predicted octanol–water partition coefficient (Wildman–Crippen LogP) is 1.92. The van der Waals surface area contributed by atoms with Crippen LogP contribution in [0.15, 0.2) is 5.38 Å². The smallest absolute Gasteiger partial charge is 0.357 e. The number of hydrogen-bond donors (Lipinski definition) is 0. The molecule has 6 nitrogen and oxygen atoms in total. The third kappa shape index (κ3) is 5.61. The third-order valence-corrected chi connectivity index (χ3v) is 3.60. The van der Waals surface area contributed by atoms with Crippen molar-refractivity contribution in [3.8, 4) is 0 Å². The number of methoxy groups -OCH3 is 1. The topological polar surface area (TPSA) is 68.7 Å². The highest BCUT2D eigenvalue weighted by Gasteiger charge is 2.20. The molecule has 0 saturated carbocycles. The van der Waals surface area contributed by atoms with Crippen LogP contribution in [0, 0.1) is 0 Å². The number of amides is 1. The molecule has 0 fully saturated rings. The monoisotopic (exact) mass is 334 g/mol. The van der Waals surface area contributed by atoms with Gasteiger partial charge >= 0.3 is 5.97 Å². The Hall–Kier alpha value is -1.18. The molecule has 1 unspecified atom stereocenters. The van der Waals surface area contributed by atoms with E-state index in [2.05, 4.69) is 4.98 Å². The highest BCUT2D eigenvalue weighted by Crippen LogP contribution is 2.15. The van der Waals surface area contributed by atoms with E-state index in [4.69, 9.17) is 21.1 Å². The minimum Gasteiger partial charge on any atom is -0.461 e. The van der Waals surface area contributed by atoms with Gasteiger partial charge in [-0.05, 0) is 13.8 Å². The molecule has 1 aromatic heterocycles. The highest BCUT2D eigenvalue weighted by molar-refractivity contribution is 7.09. The average Bonchev–Trinajstić information content (AvgIpc) is 2.91. The first-order valence-electron chi connectivity index (χ1n) is 6.52. The summed E-state index contributed by atoms with van der Waals surface area (Å²) in [7, 11) is 1.56. The number of ether oxygens (including phenoxy) is 2. The predicted molar refractivity (Wildman–Crippen MR) is 80.7 cm³/mol. The number of esters is 1. The van der Waals surface area contributed by atoms with Crippen LogP contribution in [-0.2, 0) is 20.8 Å². The van der Waals surface area contributed by atoms with Crippen molar-refractivity contribution in [3.05, 3.63) is 16.1 Å². The van der Waals surface area contributed by atoms with Crippen LogP contribution in [0.25, 0.3) is 0 Å². The van der Waals surface area contributed by atoms with Crippen LogP contribution in [0.3, 0.4) is 0 Å². The van der Waals surface area contributed by atoms with Crippen LogP contribution in [0.4, 0.5) is 0 Å². The fourth-order valence-corrected chi connectivity index (χ4v) is 2.48. The minimum absolute atomic E-state index is 0.193. The summed E-state index contributed by atoms with van der Waals surface area (Å²) in [5.41, 5.74) is 0.259. The Bertz CT molecular complexity index is 478. The minimum atomic E-state index is -0.619. The number of aromatic nitrogens is 1. The van der Waals surface area contributed by atoms with Crippen molar-refractivity contribution in [1.82, 2.24) is 9.88 Å². The van der Waals surface area contributed by atoms with Crippen molar-refractivity contribution in [2.75, 3.05) is 26.9 Å². The molecule has 1 heterocycles. The first kappa shape index (κ1) is 17.9. The van der Waals surface area contributed by atoms with E-state index in [9.17, 15) is 9.59 Å². The Balaban J connectivity index is 2.74. The van der Waals surface area contributed by atoms with Gasteiger partial charge in [0, 0.05) is 19.0 Å². The van der Waals surface area contributed by atoms with Crippen LogP contribution in [-0.4, -0.2) is 54.0 Å². The van der Waals surface area contributed by atoms with Gasteiger partial charge in [-0.25, -0.2) is 9.78 Å². The van der Waals surface area contributed by atoms with Gasteiger partial charge in [0.05, 0.1) is 19.8 Å². The third-order valence-electron chi connectivity index (χ3n) is 2.58. The zero-order chi connectivity index (χ0) is 15.8. The number of rotatable bonds is 8. The first-order valence-corrected chi connectivity index (χ1v) is 7.84.